The maximum atomic E-state index is 11.6. The highest BCUT2D eigenvalue weighted by Gasteiger charge is 2.17. The predicted molar refractivity (Wildman–Crippen MR) is 59.1 cm³/mol. The molecule has 0 fully saturated rings. The van der Waals surface area contributed by atoms with E-state index in [2.05, 4.69) is 10.5 Å². The van der Waals surface area contributed by atoms with Crippen LogP contribution in [0.3, 0.4) is 0 Å². The molecule has 0 aliphatic carbocycles. The molecule has 0 aliphatic rings. The highest BCUT2D eigenvalue weighted by molar-refractivity contribution is 5.94. The van der Waals surface area contributed by atoms with E-state index in [4.69, 9.17) is 15.0 Å². The largest absolute Gasteiger partial charge is 0.385 e. The molecule has 1 heterocycles. The van der Waals surface area contributed by atoms with Crippen LogP contribution in [0, 0.1) is 13.8 Å². The third-order valence-electron chi connectivity index (χ3n) is 2.36. The number of nitrogens with zero attached hydrogens (tertiary/aromatic N) is 1. The number of nitrogens with one attached hydrogen (secondary N) is 1. The smallest absolute Gasteiger partial charge is 0.243 e. The molecule has 1 aromatic heterocycles. The van der Waals surface area contributed by atoms with Crippen molar-refractivity contribution >= 4 is 11.8 Å². The van der Waals surface area contributed by atoms with Crippen molar-refractivity contribution in [1.82, 2.24) is 5.16 Å². The van der Waals surface area contributed by atoms with E-state index in [-0.39, 0.29) is 5.91 Å². The van der Waals surface area contributed by atoms with E-state index >= 15 is 0 Å². The fraction of sp³-hybridized carbons (Fsp3) is 0.600. The standard InChI is InChI=1S/C10H17N3O3/c1-6-7(2)13-16-10(6)12-9(14)8(11)4-5-15-3/h8H,4-5,11H2,1-3H3,(H,12,14). The summed E-state index contributed by atoms with van der Waals surface area (Å²) in [4.78, 5) is 11.6. The van der Waals surface area contributed by atoms with Crippen molar-refractivity contribution in [2.75, 3.05) is 19.0 Å². The Balaban J connectivity index is 2.54. The molecule has 6 nitrogen and oxygen atoms in total. The zero-order valence-corrected chi connectivity index (χ0v) is 9.74. The number of hydrogen-bond acceptors (Lipinski definition) is 5. The van der Waals surface area contributed by atoms with Crippen LogP contribution < -0.4 is 11.1 Å². The molecule has 0 aromatic carbocycles. The Morgan fingerprint density at radius 2 is 2.31 bits per heavy atom. The molecular weight excluding hydrogens is 210 g/mol. The van der Waals surface area contributed by atoms with Gasteiger partial charge in [0.2, 0.25) is 11.8 Å². The first-order valence-electron chi connectivity index (χ1n) is 5.04. The summed E-state index contributed by atoms with van der Waals surface area (Å²) in [6, 6.07) is -0.607. The number of ether oxygens (including phenoxy) is 1. The van der Waals surface area contributed by atoms with E-state index in [9.17, 15) is 4.79 Å². The van der Waals surface area contributed by atoms with Crippen LogP contribution in [-0.2, 0) is 9.53 Å². The normalized spacial score (nSPS) is 12.5. The number of aromatic nitrogens is 1. The van der Waals surface area contributed by atoms with E-state index < -0.39 is 6.04 Å². The van der Waals surface area contributed by atoms with Crippen LogP contribution in [0.25, 0.3) is 0 Å². The van der Waals surface area contributed by atoms with Crippen molar-refractivity contribution in [2.24, 2.45) is 5.73 Å². The van der Waals surface area contributed by atoms with Crippen molar-refractivity contribution in [3.05, 3.63) is 11.3 Å². The Bertz CT molecular complexity index is 362. The number of methoxy groups -OCH3 is 1. The number of amides is 1. The Hall–Kier alpha value is -1.40. The van der Waals surface area contributed by atoms with Crippen LogP contribution in [0.1, 0.15) is 17.7 Å². The van der Waals surface area contributed by atoms with Gasteiger partial charge >= 0.3 is 0 Å². The summed E-state index contributed by atoms with van der Waals surface area (Å²) in [6.45, 7) is 4.07. The molecule has 3 N–H and O–H groups in total. The minimum atomic E-state index is -0.607. The zero-order valence-electron chi connectivity index (χ0n) is 9.74. The second kappa shape index (κ2) is 5.62. The predicted octanol–water partition coefficient (Wildman–Crippen LogP) is 0.594. The molecule has 90 valence electrons. The quantitative estimate of drug-likeness (QED) is 0.768. The van der Waals surface area contributed by atoms with Crippen molar-refractivity contribution in [3.8, 4) is 0 Å². The number of aryl methyl sites for hydroxylation is 1. The van der Waals surface area contributed by atoms with Crippen LogP contribution in [0.15, 0.2) is 4.52 Å². The summed E-state index contributed by atoms with van der Waals surface area (Å²) in [5, 5.41) is 6.33. The van der Waals surface area contributed by atoms with Crippen LogP contribution >= 0.6 is 0 Å². The molecule has 16 heavy (non-hydrogen) atoms. The minimum absolute atomic E-state index is 0.295. The van der Waals surface area contributed by atoms with Gasteiger partial charge in [0.05, 0.1) is 11.7 Å². The number of carbonyl (C=O) groups is 1. The first-order chi connectivity index (χ1) is 7.56. The molecule has 0 saturated carbocycles. The molecule has 0 radical (unpaired) electrons. The topological polar surface area (TPSA) is 90.4 Å². The Morgan fingerprint density at radius 3 is 2.81 bits per heavy atom. The third-order valence-corrected chi connectivity index (χ3v) is 2.36. The Labute approximate surface area is 94.1 Å². The van der Waals surface area contributed by atoms with E-state index in [1.54, 1.807) is 14.0 Å². The van der Waals surface area contributed by atoms with E-state index in [1.807, 2.05) is 6.92 Å². The molecule has 0 spiro atoms. The maximum absolute atomic E-state index is 11.6. The summed E-state index contributed by atoms with van der Waals surface area (Å²) < 4.78 is 9.80. The lowest BCUT2D eigenvalue weighted by atomic mass is 10.2. The summed E-state index contributed by atoms with van der Waals surface area (Å²) in [7, 11) is 1.56. The fourth-order valence-corrected chi connectivity index (χ4v) is 1.11. The van der Waals surface area contributed by atoms with Gasteiger partial charge in [-0.05, 0) is 20.3 Å². The monoisotopic (exact) mass is 227 g/mol. The molecule has 6 heteroatoms. The second-order valence-corrected chi connectivity index (χ2v) is 3.60. The van der Waals surface area contributed by atoms with Gasteiger partial charge in [-0.25, -0.2) is 0 Å². The summed E-state index contributed by atoms with van der Waals surface area (Å²) in [5.41, 5.74) is 7.22. The average Bonchev–Trinajstić information content (AvgIpc) is 2.57. The highest BCUT2D eigenvalue weighted by Crippen LogP contribution is 2.17. The van der Waals surface area contributed by atoms with Crippen molar-refractivity contribution in [3.63, 3.8) is 0 Å². The van der Waals surface area contributed by atoms with E-state index in [1.165, 1.54) is 0 Å². The van der Waals surface area contributed by atoms with Gasteiger partial charge in [-0.2, -0.15) is 0 Å². The van der Waals surface area contributed by atoms with Gasteiger partial charge < -0.3 is 15.0 Å². The lowest BCUT2D eigenvalue weighted by Gasteiger charge is -2.09. The number of carbonyl (C=O) groups excluding carboxylic acids is 1. The van der Waals surface area contributed by atoms with E-state index in [0.29, 0.717) is 18.9 Å². The minimum Gasteiger partial charge on any atom is -0.385 e. The molecule has 0 bridgehead atoms. The van der Waals surface area contributed by atoms with Crippen LogP contribution in [0.2, 0.25) is 0 Å². The van der Waals surface area contributed by atoms with Crippen molar-refractivity contribution < 1.29 is 14.1 Å². The molecule has 1 amide bonds. The number of hydrogen-bond donors (Lipinski definition) is 2. The molecule has 1 rings (SSSR count). The number of rotatable bonds is 5. The molecule has 0 saturated heterocycles. The van der Waals surface area contributed by atoms with Crippen LogP contribution in [-0.4, -0.2) is 30.8 Å². The molecule has 0 aliphatic heterocycles. The first kappa shape index (κ1) is 12.7. The Kier molecular flexibility index (Phi) is 4.45. The number of anilines is 1. The number of nitrogens with two attached hydrogens (primary N) is 1. The lowest BCUT2D eigenvalue weighted by molar-refractivity contribution is -0.117. The molecule has 1 atom stereocenters. The summed E-state index contributed by atoms with van der Waals surface area (Å²) in [5.74, 6) is 0.0617. The molecule has 1 aromatic rings. The van der Waals surface area contributed by atoms with Gasteiger partial charge in [-0.15, -0.1) is 0 Å². The van der Waals surface area contributed by atoms with Gasteiger partial charge in [-0.3, -0.25) is 10.1 Å². The average molecular weight is 227 g/mol. The molecular formula is C10H17N3O3. The lowest BCUT2D eigenvalue weighted by Crippen LogP contribution is -2.36. The van der Waals surface area contributed by atoms with E-state index in [0.717, 1.165) is 11.3 Å². The highest BCUT2D eigenvalue weighted by atomic mass is 16.5. The van der Waals surface area contributed by atoms with Crippen LogP contribution in [0.5, 0.6) is 0 Å². The third kappa shape index (κ3) is 3.04. The Morgan fingerprint density at radius 1 is 1.62 bits per heavy atom. The van der Waals surface area contributed by atoms with Crippen molar-refractivity contribution in [1.29, 1.82) is 0 Å². The van der Waals surface area contributed by atoms with Gasteiger partial charge in [-0.1, -0.05) is 5.16 Å². The zero-order chi connectivity index (χ0) is 12.1. The second-order valence-electron chi connectivity index (χ2n) is 3.60. The molecule has 1 unspecified atom stereocenters. The van der Waals surface area contributed by atoms with Gasteiger partial charge in [0.15, 0.2) is 0 Å². The SMILES string of the molecule is COCCC(N)C(=O)Nc1onc(C)c1C. The van der Waals surface area contributed by atoms with Gasteiger partial charge in [0, 0.05) is 19.3 Å². The van der Waals surface area contributed by atoms with Gasteiger partial charge in [0.1, 0.15) is 0 Å². The maximum Gasteiger partial charge on any atom is 0.243 e. The fourth-order valence-electron chi connectivity index (χ4n) is 1.11. The van der Waals surface area contributed by atoms with Crippen LogP contribution in [0.4, 0.5) is 5.88 Å². The summed E-state index contributed by atoms with van der Waals surface area (Å²) >= 11 is 0. The van der Waals surface area contributed by atoms with Gasteiger partial charge in [0.25, 0.3) is 0 Å². The first-order valence-corrected chi connectivity index (χ1v) is 5.04. The summed E-state index contributed by atoms with van der Waals surface area (Å²) in [6.07, 6.45) is 0.467. The van der Waals surface area contributed by atoms with Crippen molar-refractivity contribution in [2.45, 2.75) is 26.3 Å².